The summed E-state index contributed by atoms with van der Waals surface area (Å²) in [5.74, 6) is 1.37. The van der Waals surface area contributed by atoms with Gasteiger partial charge in [-0.1, -0.05) is 30.2 Å². The van der Waals surface area contributed by atoms with Crippen LogP contribution in [0.1, 0.15) is 19.3 Å². The van der Waals surface area contributed by atoms with E-state index < -0.39 is 0 Å². The molecule has 0 aliphatic carbocycles. The monoisotopic (exact) mass is 368 g/mol. The number of phenolic OH excluding ortho intramolecular Hbond substituents is 1. The second-order valence-electron chi connectivity index (χ2n) is 6.62. The van der Waals surface area contributed by atoms with E-state index in [1.807, 2.05) is 24.3 Å². The molecule has 6 heteroatoms. The maximum Gasteiger partial charge on any atom is 0.165 e. The summed E-state index contributed by atoms with van der Waals surface area (Å²) in [5, 5.41) is 18.8. The molecule has 0 radical (unpaired) electrons. The van der Waals surface area contributed by atoms with E-state index in [0.717, 1.165) is 36.2 Å². The van der Waals surface area contributed by atoms with Gasteiger partial charge in [-0.3, -0.25) is 0 Å². The van der Waals surface area contributed by atoms with Gasteiger partial charge in [0.1, 0.15) is 11.6 Å². The molecule has 1 aliphatic rings. The number of hydrogen-bond donors (Lipinski definition) is 3. The highest BCUT2D eigenvalue weighted by atomic mass is 35.5. The topological polar surface area (TPSA) is 70.1 Å². The Morgan fingerprint density at radius 3 is 2.92 bits per heavy atom. The zero-order valence-corrected chi connectivity index (χ0v) is 15.1. The Kier molecular flexibility index (Phi) is 4.91. The molecule has 1 aromatic heterocycles. The average Bonchev–Trinajstić information content (AvgIpc) is 2.92. The average molecular weight is 369 g/mol. The van der Waals surface area contributed by atoms with Crippen molar-refractivity contribution in [3.63, 3.8) is 0 Å². The molecule has 0 saturated carbocycles. The minimum Gasteiger partial charge on any atom is -0.507 e. The molecule has 134 valence electrons. The molecule has 3 N–H and O–H groups in total. The van der Waals surface area contributed by atoms with Crippen LogP contribution in [0.2, 0.25) is 5.02 Å². The van der Waals surface area contributed by atoms with Crippen molar-refractivity contribution in [2.45, 2.75) is 25.3 Å². The minimum absolute atomic E-state index is 0.117. The second kappa shape index (κ2) is 7.48. The van der Waals surface area contributed by atoms with E-state index in [1.54, 1.807) is 18.2 Å². The maximum absolute atomic E-state index is 10.2. The van der Waals surface area contributed by atoms with Crippen molar-refractivity contribution in [2.75, 3.05) is 18.4 Å². The van der Waals surface area contributed by atoms with Crippen LogP contribution in [0, 0.1) is 0 Å². The zero-order valence-electron chi connectivity index (χ0n) is 14.4. The predicted molar refractivity (Wildman–Crippen MR) is 106 cm³/mol. The fourth-order valence-electron chi connectivity index (χ4n) is 3.33. The third-order valence-electron chi connectivity index (χ3n) is 4.69. The quantitative estimate of drug-likeness (QED) is 0.646. The van der Waals surface area contributed by atoms with E-state index in [1.165, 1.54) is 12.8 Å². The molecular formula is C20H21ClN4O. The molecular weight excluding hydrogens is 348 g/mol. The molecule has 3 aromatic rings. The Bertz CT molecular complexity index is 923. The summed E-state index contributed by atoms with van der Waals surface area (Å²) >= 11 is 6.11. The van der Waals surface area contributed by atoms with Gasteiger partial charge in [-0.2, -0.15) is 0 Å². The largest absolute Gasteiger partial charge is 0.507 e. The van der Waals surface area contributed by atoms with E-state index in [4.69, 9.17) is 16.6 Å². The maximum atomic E-state index is 10.2. The third-order valence-corrected chi connectivity index (χ3v) is 4.93. The first-order valence-corrected chi connectivity index (χ1v) is 9.31. The molecule has 1 atom stereocenters. The summed E-state index contributed by atoms with van der Waals surface area (Å²) in [6.07, 6.45) is 3.49. The number of rotatable bonds is 3. The van der Waals surface area contributed by atoms with Crippen LogP contribution in [0.25, 0.3) is 22.3 Å². The van der Waals surface area contributed by atoms with Gasteiger partial charge in [0, 0.05) is 23.0 Å². The van der Waals surface area contributed by atoms with Crippen LogP contribution in [0.4, 0.5) is 5.82 Å². The van der Waals surface area contributed by atoms with Crippen LogP contribution in [0.15, 0.2) is 42.5 Å². The van der Waals surface area contributed by atoms with Crippen LogP contribution in [-0.4, -0.2) is 34.2 Å². The minimum atomic E-state index is 0.117. The fourth-order valence-corrected chi connectivity index (χ4v) is 3.50. The Morgan fingerprint density at radius 1 is 1.12 bits per heavy atom. The number of phenols is 1. The lowest BCUT2D eigenvalue weighted by atomic mass is 10.1. The molecule has 2 aromatic carbocycles. The van der Waals surface area contributed by atoms with Gasteiger partial charge in [-0.05, 0) is 49.7 Å². The Hall–Kier alpha value is -2.37. The van der Waals surface area contributed by atoms with Crippen molar-refractivity contribution in [3.8, 4) is 17.1 Å². The Morgan fingerprint density at radius 2 is 2.00 bits per heavy atom. The number of aromatic hydroxyl groups is 1. The van der Waals surface area contributed by atoms with Crippen molar-refractivity contribution < 1.29 is 5.11 Å². The molecule has 0 spiro atoms. The predicted octanol–water partition coefficient (Wildman–Crippen LogP) is 4.21. The summed E-state index contributed by atoms with van der Waals surface area (Å²) in [4.78, 5) is 9.36. The van der Waals surface area contributed by atoms with E-state index >= 15 is 0 Å². The van der Waals surface area contributed by atoms with Gasteiger partial charge in [0.05, 0.1) is 11.1 Å². The smallest absolute Gasteiger partial charge is 0.165 e. The van der Waals surface area contributed by atoms with Crippen molar-refractivity contribution in [1.29, 1.82) is 0 Å². The number of fused-ring (bicyclic) bond motifs is 1. The van der Waals surface area contributed by atoms with Crippen molar-refractivity contribution in [3.05, 3.63) is 47.5 Å². The summed E-state index contributed by atoms with van der Waals surface area (Å²) in [6, 6.07) is 13.1. The number of aromatic nitrogens is 2. The number of halogens is 1. The lowest BCUT2D eigenvalue weighted by Gasteiger charge is -2.19. The van der Waals surface area contributed by atoms with E-state index in [2.05, 4.69) is 15.6 Å². The molecule has 0 amide bonds. The van der Waals surface area contributed by atoms with Crippen molar-refractivity contribution in [1.82, 2.24) is 15.3 Å². The Labute approximate surface area is 157 Å². The molecule has 1 aliphatic heterocycles. The van der Waals surface area contributed by atoms with Gasteiger partial charge in [0.15, 0.2) is 5.82 Å². The molecule has 1 fully saturated rings. The number of nitrogens with zero attached hydrogens (tertiary/aromatic N) is 2. The number of hydrogen-bond acceptors (Lipinski definition) is 5. The number of nitrogens with one attached hydrogen (secondary N) is 2. The highest BCUT2D eigenvalue weighted by Crippen LogP contribution is 2.32. The SMILES string of the molecule is Oc1ccc(Cl)cc1-c1nc(NC2CCCCNC2)c2ccccc2n1. The first kappa shape index (κ1) is 17.1. The fraction of sp³-hybridized carbons (Fsp3) is 0.300. The van der Waals surface area contributed by atoms with Crippen molar-refractivity contribution in [2.24, 2.45) is 0 Å². The molecule has 4 rings (SSSR count). The molecule has 2 heterocycles. The zero-order chi connectivity index (χ0) is 17.9. The number of benzene rings is 2. The van der Waals surface area contributed by atoms with E-state index in [0.29, 0.717) is 22.5 Å². The van der Waals surface area contributed by atoms with Gasteiger partial charge in [-0.25, -0.2) is 9.97 Å². The summed E-state index contributed by atoms with van der Waals surface area (Å²) in [7, 11) is 0. The number of anilines is 1. The summed E-state index contributed by atoms with van der Waals surface area (Å²) in [6.45, 7) is 1.97. The summed E-state index contributed by atoms with van der Waals surface area (Å²) < 4.78 is 0. The van der Waals surface area contributed by atoms with Gasteiger partial charge in [0.2, 0.25) is 0 Å². The standard InChI is InChI=1S/C20H21ClN4O/c21-13-8-9-18(26)16(11-13)20-24-17-7-2-1-6-15(17)19(25-20)23-14-5-3-4-10-22-12-14/h1-2,6-9,11,14,22,26H,3-5,10,12H2,(H,23,24,25). The van der Waals surface area contributed by atoms with E-state index in [9.17, 15) is 5.11 Å². The molecule has 1 unspecified atom stereocenters. The van der Waals surface area contributed by atoms with E-state index in [-0.39, 0.29) is 5.75 Å². The van der Waals surface area contributed by atoms with Gasteiger partial charge < -0.3 is 15.7 Å². The van der Waals surface area contributed by atoms with Crippen molar-refractivity contribution >= 4 is 28.3 Å². The van der Waals surface area contributed by atoms with Gasteiger partial charge in [0.25, 0.3) is 0 Å². The highest BCUT2D eigenvalue weighted by Gasteiger charge is 2.17. The molecule has 5 nitrogen and oxygen atoms in total. The second-order valence-corrected chi connectivity index (χ2v) is 7.05. The molecule has 0 bridgehead atoms. The highest BCUT2D eigenvalue weighted by molar-refractivity contribution is 6.30. The summed E-state index contributed by atoms with van der Waals surface area (Å²) in [5.41, 5.74) is 1.37. The molecule has 26 heavy (non-hydrogen) atoms. The molecule has 1 saturated heterocycles. The normalized spacial score (nSPS) is 17.8. The van der Waals surface area contributed by atoms with Gasteiger partial charge in [-0.15, -0.1) is 0 Å². The first-order valence-electron chi connectivity index (χ1n) is 8.93. The van der Waals surface area contributed by atoms with Gasteiger partial charge >= 0.3 is 0 Å². The van der Waals surface area contributed by atoms with Crippen LogP contribution in [0.3, 0.4) is 0 Å². The lowest BCUT2D eigenvalue weighted by Crippen LogP contribution is -2.31. The lowest BCUT2D eigenvalue weighted by molar-refractivity contribution is 0.477. The third kappa shape index (κ3) is 3.59. The number of para-hydroxylation sites is 1. The first-order chi connectivity index (χ1) is 12.7. The van der Waals surface area contributed by atoms with Crippen LogP contribution in [0.5, 0.6) is 5.75 Å². The van der Waals surface area contributed by atoms with Crippen LogP contribution >= 0.6 is 11.6 Å². The van der Waals surface area contributed by atoms with Crippen LogP contribution in [-0.2, 0) is 0 Å². The van der Waals surface area contributed by atoms with Crippen LogP contribution < -0.4 is 10.6 Å². The Balaban J connectivity index is 1.79.